The van der Waals surface area contributed by atoms with Gasteiger partial charge in [0.1, 0.15) is 0 Å². The van der Waals surface area contributed by atoms with Crippen molar-refractivity contribution in [2.24, 2.45) is 11.8 Å². The van der Waals surface area contributed by atoms with E-state index in [1.807, 2.05) is 0 Å². The number of halogens is 1. The van der Waals surface area contributed by atoms with E-state index in [9.17, 15) is 8.76 Å². The number of hydrogen-bond donors (Lipinski definition) is 0. The summed E-state index contributed by atoms with van der Waals surface area (Å²) in [4.78, 5) is 0. The highest BCUT2D eigenvalue weighted by molar-refractivity contribution is 7.53. The van der Waals surface area contributed by atoms with Gasteiger partial charge in [0, 0.05) is 0 Å². The fraction of sp³-hybridized carbons (Fsp3) is 1.00. The maximum absolute atomic E-state index is 13.2. The normalized spacial score (nSPS) is 37.9. The Hall–Kier alpha value is 0.120. The van der Waals surface area contributed by atoms with E-state index < -0.39 is 7.68 Å². The van der Waals surface area contributed by atoms with E-state index >= 15 is 0 Å². The highest BCUT2D eigenvalue weighted by Crippen LogP contribution is 2.52. The molecular weight excluding hydrogens is 202 g/mol. The smallest absolute Gasteiger partial charge is 0.302 e. The molecule has 4 heteroatoms. The van der Waals surface area contributed by atoms with E-state index in [2.05, 4.69) is 13.8 Å². The van der Waals surface area contributed by atoms with Gasteiger partial charge in [-0.1, -0.05) is 33.6 Å². The van der Waals surface area contributed by atoms with Crippen LogP contribution in [0, 0.1) is 11.8 Å². The van der Waals surface area contributed by atoms with Crippen molar-refractivity contribution in [1.82, 2.24) is 0 Å². The molecule has 1 aliphatic carbocycles. The van der Waals surface area contributed by atoms with Gasteiger partial charge in [-0.15, -0.1) is 0 Å². The third-order valence-corrected chi connectivity index (χ3v) is 4.64. The second kappa shape index (κ2) is 4.76. The third-order valence-electron chi connectivity index (χ3n) is 3.30. The minimum absolute atomic E-state index is 0.00932. The average Bonchev–Trinajstić information content (AvgIpc) is 2.13. The summed E-state index contributed by atoms with van der Waals surface area (Å²) in [6, 6.07) is 0. The molecule has 0 N–H and O–H groups in total. The molecule has 84 valence electrons. The summed E-state index contributed by atoms with van der Waals surface area (Å²) in [6.07, 6.45) is 2.92. The molecule has 2 nitrogen and oxygen atoms in total. The van der Waals surface area contributed by atoms with Gasteiger partial charge in [-0.05, 0) is 18.3 Å². The molecule has 0 bridgehead atoms. The van der Waals surface area contributed by atoms with E-state index in [0.29, 0.717) is 11.8 Å². The Labute approximate surface area is 85.8 Å². The summed E-state index contributed by atoms with van der Waals surface area (Å²) >= 11 is 0. The fourth-order valence-electron chi connectivity index (χ4n) is 1.96. The SMILES string of the molecule is CCP(=O)(F)OC1CCCC(C)C1C. The molecule has 0 heterocycles. The maximum Gasteiger partial charge on any atom is 0.367 e. The van der Waals surface area contributed by atoms with Gasteiger partial charge in [-0.25, -0.2) is 0 Å². The van der Waals surface area contributed by atoms with Crippen LogP contribution in [0.4, 0.5) is 4.20 Å². The van der Waals surface area contributed by atoms with Crippen molar-refractivity contribution in [3.63, 3.8) is 0 Å². The summed E-state index contributed by atoms with van der Waals surface area (Å²) in [5, 5.41) is 0. The van der Waals surface area contributed by atoms with Gasteiger partial charge in [0.15, 0.2) is 0 Å². The molecule has 1 rings (SSSR count). The molecule has 1 aliphatic rings. The van der Waals surface area contributed by atoms with Crippen molar-refractivity contribution >= 4 is 7.68 Å². The van der Waals surface area contributed by atoms with E-state index in [1.165, 1.54) is 6.42 Å². The van der Waals surface area contributed by atoms with Crippen LogP contribution in [0.2, 0.25) is 0 Å². The Kier molecular flexibility index (Phi) is 4.15. The molecule has 0 spiro atoms. The zero-order valence-corrected chi connectivity index (χ0v) is 10.1. The third kappa shape index (κ3) is 3.06. The van der Waals surface area contributed by atoms with Crippen LogP contribution in [0.15, 0.2) is 0 Å². The first-order chi connectivity index (χ1) is 6.46. The van der Waals surface area contributed by atoms with Crippen LogP contribution in [0.3, 0.4) is 0 Å². The van der Waals surface area contributed by atoms with Gasteiger partial charge in [0.2, 0.25) is 0 Å². The topological polar surface area (TPSA) is 26.3 Å². The van der Waals surface area contributed by atoms with Crippen molar-refractivity contribution in [1.29, 1.82) is 0 Å². The van der Waals surface area contributed by atoms with E-state index in [4.69, 9.17) is 4.52 Å². The fourth-order valence-corrected chi connectivity index (χ4v) is 2.81. The van der Waals surface area contributed by atoms with Crippen molar-refractivity contribution in [3.8, 4) is 0 Å². The summed E-state index contributed by atoms with van der Waals surface area (Å²) in [6.45, 7) is 5.77. The second-order valence-corrected chi connectivity index (χ2v) is 6.34. The first kappa shape index (κ1) is 12.2. The van der Waals surface area contributed by atoms with Crippen molar-refractivity contribution in [2.75, 3.05) is 6.16 Å². The van der Waals surface area contributed by atoms with E-state index in [-0.39, 0.29) is 12.3 Å². The molecule has 0 saturated heterocycles. The van der Waals surface area contributed by atoms with Crippen LogP contribution in [-0.4, -0.2) is 12.3 Å². The minimum Gasteiger partial charge on any atom is -0.302 e. The van der Waals surface area contributed by atoms with Gasteiger partial charge < -0.3 is 4.52 Å². The molecule has 1 saturated carbocycles. The van der Waals surface area contributed by atoms with Gasteiger partial charge in [0.25, 0.3) is 0 Å². The lowest BCUT2D eigenvalue weighted by molar-refractivity contribution is 0.0651. The summed E-state index contributed by atoms with van der Waals surface area (Å²) in [7, 11) is -3.81. The molecule has 4 unspecified atom stereocenters. The van der Waals surface area contributed by atoms with Gasteiger partial charge in [-0.2, -0.15) is 4.20 Å². The first-order valence-corrected chi connectivity index (χ1v) is 7.13. The zero-order chi connectivity index (χ0) is 10.8. The quantitative estimate of drug-likeness (QED) is 0.674. The first-order valence-electron chi connectivity index (χ1n) is 5.43. The molecule has 1 fully saturated rings. The Morgan fingerprint density at radius 3 is 2.64 bits per heavy atom. The molecule has 0 aromatic heterocycles. The van der Waals surface area contributed by atoms with Crippen LogP contribution < -0.4 is 0 Å². The molecule has 0 radical (unpaired) electrons. The highest BCUT2D eigenvalue weighted by Gasteiger charge is 2.33. The van der Waals surface area contributed by atoms with Crippen molar-refractivity contribution in [3.05, 3.63) is 0 Å². The van der Waals surface area contributed by atoms with Crippen LogP contribution >= 0.6 is 7.68 Å². The van der Waals surface area contributed by atoms with Crippen LogP contribution in [0.25, 0.3) is 0 Å². The summed E-state index contributed by atoms with van der Waals surface area (Å²) in [5.41, 5.74) is 0. The van der Waals surface area contributed by atoms with Crippen LogP contribution in [0.1, 0.15) is 40.0 Å². The molecule has 0 aromatic rings. The number of hydrogen-bond acceptors (Lipinski definition) is 2. The van der Waals surface area contributed by atoms with Crippen LogP contribution in [-0.2, 0) is 9.09 Å². The lowest BCUT2D eigenvalue weighted by Crippen LogP contribution is -2.30. The molecular formula is C10H20FO2P. The van der Waals surface area contributed by atoms with Crippen molar-refractivity contribution in [2.45, 2.75) is 46.1 Å². The summed E-state index contributed by atoms with van der Waals surface area (Å²) in [5.74, 6) is 0.866. The Bertz CT molecular complexity index is 232. The average molecular weight is 222 g/mol. The van der Waals surface area contributed by atoms with Gasteiger partial charge in [-0.3, -0.25) is 4.57 Å². The highest BCUT2D eigenvalue weighted by atomic mass is 31.2. The molecule has 14 heavy (non-hydrogen) atoms. The predicted molar refractivity (Wildman–Crippen MR) is 56.3 cm³/mol. The second-order valence-electron chi connectivity index (χ2n) is 4.32. The van der Waals surface area contributed by atoms with E-state index in [0.717, 1.165) is 12.8 Å². The summed E-state index contributed by atoms with van der Waals surface area (Å²) < 4.78 is 29.6. The number of rotatable bonds is 3. The molecule has 0 aromatic carbocycles. The lowest BCUT2D eigenvalue weighted by atomic mass is 9.80. The minimum atomic E-state index is -3.81. The largest absolute Gasteiger partial charge is 0.367 e. The van der Waals surface area contributed by atoms with Gasteiger partial charge in [0.05, 0.1) is 12.3 Å². The zero-order valence-electron chi connectivity index (χ0n) is 9.20. The monoisotopic (exact) mass is 222 g/mol. The van der Waals surface area contributed by atoms with E-state index in [1.54, 1.807) is 6.92 Å². The maximum atomic E-state index is 13.2. The standard InChI is InChI=1S/C10H20FO2P/c1-4-14(11,12)13-10-7-5-6-8(2)9(10)3/h8-10H,4-7H2,1-3H3. The molecule has 0 amide bonds. The lowest BCUT2D eigenvalue weighted by Gasteiger charge is -2.34. The molecule has 0 aliphatic heterocycles. The van der Waals surface area contributed by atoms with Crippen molar-refractivity contribution < 1.29 is 13.3 Å². The van der Waals surface area contributed by atoms with Crippen LogP contribution in [0.5, 0.6) is 0 Å². The Morgan fingerprint density at radius 2 is 2.07 bits per heavy atom. The Morgan fingerprint density at radius 1 is 1.43 bits per heavy atom. The van der Waals surface area contributed by atoms with Gasteiger partial charge >= 0.3 is 7.68 Å². The Balaban J connectivity index is 2.55. The molecule has 4 atom stereocenters. The predicted octanol–water partition coefficient (Wildman–Crippen LogP) is 4.01.